The molecule has 0 saturated carbocycles. The van der Waals surface area contributed by atoms with Gasteiger partial charge >= 0.3 is 11.9 Å². The largest absolute Gasteiger partial charge is 0.461 e. The Morgan fingerprint density at radius 1 is 0.707 bits per heavy atom. The molecule has 2 rings (SSSR count). The molecule has 0 fully saturated rings. The number of esters is 2. The molecule has 224 valence electrons. The van der Waals surface area contributed by atoms with Gasteiger partial charge in [0, 0.05) is 17.6 Å². The second-order valence-corrected chi connectivity index (χ2v) is 9.80. The lowest BCUT2D eigenvalue weighted by molar-refractivity contribution is -0.160. The summed E-state index contributed by atoms with van der Waals surface area (Å²) in [6.07, 6.45) is -1.15. The molecule has 0 saturated heterocycles. The van der Waals surface area contributed by atoms with Gasteiger partial charge in [-0.1, -0.05) is 51.3 Å². The van der Waals surface area contributed by atoms with Crippen LogP contribution in [0.15, 0.2) is 73.8 Å². The molecule has 0 bridgehead atoms. The van der Waals surface area contributed by atoms with Gasteiger partial charge in [-0.05, 0) is 49.2 Å². The van der Waals surface area contributed by atoms with E-state index in [9.17, 15) is 19.8 Å². The highest BCUT2D eigenvalue weighted by Gasteiger charge is 2.24. The number of ether oxygens (including phenoxy) is 6. The molecule has 2 aromatic rings. The van der Waals surface area contributed by atoms with E-state index in [1.165, 1.54) is 0 Å². The summed E-state index contributed by atoms with van der Waals surface area (Å²) < 4.78 is 32.8. The Morgan fingerprint density at radius 2 is 1.05 bits per heavy atom. The lowest BCUT2D eigenvalue weighted by Crippen LogP contribution is -2.30. The highest BCUT2D eigenvalue weighted by atomic mass is 16.7. The van der Waals surface area contributed by atoms with Gasteiger partial charge in [0.2, 0.25) is 12.6 Å². The van der Waals surface area contributed by atoms with Crippen LogP contribution in [0.4, 0.5) is 0 Å². The SMILES string of the molecule is C=CC(=O)OCC(OCC(C)O)Oc1ccc(C(C)(C)c2ccc(OC(COC(=O)C=C)OCC(C)O)cc2)cc1. The minimum Gasteiger partial charge on any atom is -0.461 e. The summed E-state index contributed by atoms with van der Waals surface area (Å²) in [5.41, 5.74) is 1.63. The highest BCUT2D eigenvalue weighted by Crippen LogP contribution is 2.33. The second kappa shape index (κ2) is 16.5. The van der Waals surface area contributed by atoms with Crippen LogP contribution in [0, 0.1) is 0 Å². The first-order chi connectivity index (χ1) is 19.4. The maximum absolute atomic E-state index is 11.4. The third-order valence-electron chi connectivity index (χ3n) is 5.79. The topological polar surface area (TPSA) is 130 Å². The van der Waals surface area contributed by atoms with E-state index in [1.54, 1.807) is 38.1 Å². The van der Waals surface area contributed by atoms with E-state index < -0.39 is 36.7 Å². The van der Waals surface area contributed by atoms with Gasteiger partial charge in [0.1, 0.15) is 11.5 Å². The number of aliphatic hydroxyl groups is 2. The number of rotatable bonds is 18. The third kappa shape index (κ3) is 11.7. The highest BCUT2D eigenvalue weighted by molar-refractivity contribution is 5.81. The number of hydrogen-bond donors (Lipinski definition) is 2. The molecule has 10 heteroatoms. The Hall–Kier alpha value is -3.70. The molecule has 0 aliphatic carbocycles. The van der Waals surface area contributed by atoms with E-state index in [4.69, 9.17) is 28.4 Å². The molecule has 0 aliphatic rings. The number of carbonyl (C=O) groups is 2. The van der Waals surface area contributed by atoms with Crippen LogP contribution < -0.4 is 9.47 Å². The Morgan fingerprint density at radius 3 is 1.34 bits per heavy atom. The first kappa shape index (κ1) is 33.5. The normalized spacial score (nSPS) is 14.2. The lowest BCUT2D eigenvalue weighted by atomic mass is 9.78. The molecule has 0 aromatic heterocycles. The average molecular weight is 573 g/mol. The van der Waals surface area contributed by atoms with Crippen LogP contribution in [0.25, 0.3) is 0 Å². The van der Waals surface area contributed by atoms with Crippen molar-refractivity contribution in [1.29, 1.82) is 0 Å². The van der Waals surface area contributed by atoms with Crippen LogP contribution in [0.5, 0.6) is 11.5 Å². The van der Waals surface area contributed by atoms with E-state index in [1.807, 2.05) is 24.3 Å². The standard InChI is InChI=1S/C31H40O10/c1-7-27(34)36-19-29(38-17-21(3)32)40-25-13-9-23(10-14-25)31(5,6)24-11-15-26(16-12-24)41-30(39-18-22(4)33)20-37-28(35)8-2/h7-16,21-22,29-30,32-33H,1-2,17-20H2,3-6H3. The number of aliphatic hydroxyl groups excluding tert-OH is 2. The van der Waals surface area contributed by atoms with Gasteiger partial charge in [0.25, 0.3) is 0 Å². The molecule has 0 spiro atoms. The van der Waals surface area contributed by atoms with Crippen molar-refractivity contribution in [3.8, 4) is 11.5 Å². The number of carbonyl (C=O) groups excluding carboxylic acids is 2. The summed E-state index contributed by atoms with van der Waals surface area (Å²) >= 11 is 0. The van der Waals surface area contributed by atoms with Gasteiger partial charge in [0.15, 0.2) is 13.2 Å². The van der Waals surface area contributed by atoms with E-state index in [0.29, 0.717) is 11.5 Å². The summed E-state index contributed by atoms with van der Waals surface area (Å²) in [5, 5.41) is 19.1. The van der Waals surface area contributed by atoms with Crippen molar-refractivity contribution in [2.24, 2.45) is 0 Å². The maximum Gasteiger partial charge on any atom is 0.330 e. The molecule has 4 atom stereocenters. The summed E-state index contributed by atoms with van der Waals surface area (Å²) in [4.78, 5) is 22.9. The fourth-order valence-electron chi connectivity index (χ4n) is 3.51. The summed E-state index contributed by atoms with van der Waals surface area (Å²) in [7, 11) is 0. The van der Waals surface area contributed by atoms with Crippen LogP contribution >= 0.6 is 0 Å². The molecular formula is C31H40O10. The van der Waals surface area contributed by atoms with Crippen LogP contribution in [0.2, 0.25) is 0 Å². The fourth-order valence-corrected chi connectivity index (χ4v) is 3.51. The molecule has 0 aliphatic heterocycles. The quantitative estimate of drug-likeness (QED) is 0.155. The molecular weight excluding hydrogens is 532 g/mol. The van der Waals surface area contributed by atoms with Crippen molar-refractivity contribution in [3.63, 3.8) is 0 Å². The zero-order chi connectivity index (χ0) is 30.4. The fraction of sp³-hybridized carbons (Fsp3) is 0.419. The van der Waals surface area contributed by atoms with Crippen molar-refractivity contribution in [2.75, 3.05) is 26.4 Å². The predicted molar refractivity (Wildman–Crippen MR) is 151 cm³/mol. The van der Waals surface area contributed by atoms with E-state index in [0.717, 1.165) is 23.3 Å². The van der Waals surface area contributed by atoms with Crippen molar-refractivity contribution in [3.05, 3.63) is 85.0 Å². The van der Waals surface area contributed by atoms with Crippen LogP contribution in [0.1, 0.15) is 38.8 Å². The van der Waals surface area contributed by atoms with Crippen LogP contribution in [0.3, 0.4) is 0 Å². The first-order valence-electron chi connectivity index (χ1n) is 13.2. The monoisotopic (exact) mass is 572 g/mol. The summed E-state index contributed by atoms with van der Waals surface area (Å²) in [5.74, 6) is -0.212. The van der Waals surface area contributed by atoms with E-state index in [2.05, 4.69) is 27.0 Å². The Bertz CT molecular complexity index is 1020. The Balaban J connectivity index is 2.09. The van der Waals surface area contributed by atoms with Crippen molar-refractivity contribution in [2.45, 2.75) is 57.9 Å². The van der Waals surface area contributed by atoms with Crippen molar-refractivity contribution in [1.82, 2.24) is 0 Å². The van der Waals surface area contributed by atoms with Crippen molar-refractivity contribution < 1.29 is 48.2 Å². The molecule has 0 heterocycles. The molecule has 0 amide bonds. The average Bonchev–Trinajstić information content (AvgIpc) is 2.95. The van der Waals surface area contributed by atoms with E-state index in [-0.39, 0.29) is 31.8 Å². The zero-order valence-electron chi connectivity index (χ0n) is 24.0. The van der Waals surface area contributed by atoms with Gasteiger partial charge < -0.3 is 38.6 Å². The minimum absolute atomic E-state index is 0.00846. The number of benzene rings is 2. The number of hydrogen-bond acceptors (Lipinski definition) is 10. The zero-order valence-corrected chi connectivity index (χ0v) is 24.0. The second-order valence-electron chi connectivity index (χ2n) is 9.80. The summed E-state index contributed by atoms with van der Waals surface area (Å²) in [6.45, 7) is 13.7. The smallest absolute Gasteiger partial charge is 0.330 e. The van der Waals surface area contributed by atoms with Gasteiger partial charge in [-0.2, -0.15) is 0 Å². The van der Waals surface area contributed by atoms with Gasteiger partial charge in [0.05, 0.1) is 25.4 Å². The molecule has 4 unspecified atom stereocenters. The van der Waals surface area contributed by atoms with Crippen LogP contribution in [-0.4, -0.2) is 73.4 Å². The Labute approximate surface area is 241 Å². The lowest BCUT2D eigenvalue weighted by Gasteiger charge is -2.27. The maximum atomic E-state index is 11.4. The van der Waals surface area contributed by atoms with Gasteiger partial charge in [-0.3, -0.25) is 0 Å². The van der Waals surface area contributed by atoms with Gasteiger partial charge in [-0.15, -0.1) is 0 Å². The molecule has 2 aromatic carbocycles. The van der Waals surface area contributed by atoms with Crippen molar-refractivity contribution >= 4 is 11.9 Å². The predicted octanol–water partition coefficient (Wildman–Crippen LogP) is 3.68. The minimum atomic E-state index is -0.909. The van der Waals surface area contributed by atoms with Gasteiger partial charge in [-0.25, -0.2) is 9.59 Å². The molecule has 2 N–H and O–H groups in total. The summed E-state index contributed by atoms with van der Waals surface area (Å²) in [6, 6.07) is 14.9. The van der Waals surface area contributed by atoms with E-state index >= 15 is 0 Å². The Kier molecular flexibility index (Phi) is 13.5. The molecule has 41 heavy (non-hydrogen) atoms. The molecule has 10 nitrogen and oxygen atoms in total. The molecule has 0 radical (unpaired) electrons. The first-order valence-corrected chi connectivity index (χ1v) is 13.2. The third-order valence-corrected chi connectivity index (χ3v) is 5.79. The van der Waals surface area contributed by atoms with Crippen LogP contribution in [-0.2, 0) is 34.0 Å².